The summed E-state index contributed by atoms with van der Waals surface area (Å²) in [7, 11) is -1.94. The predicted molar refractivity (Wildman–Crippen MR) is 112 cm³/mol. The summed E-state index contributed by atoms with van der Waals surface area (Å²) in [4.78, 5) is 14.0. The van der Waals surface area contributed by atoms with E-state index in [-0.39, 0.29) is 41.0 Å². The monoisotopic (exact) mass is 383 g/mol. The number of carbonyl (C=O) groups is 1. The molecule has 0 aromatic heterocycles. The molecule has 1 aliphatic rings. The maximum absolute atomic E-state index is 12.2. The molecule has 0 aliphatic carbocycles. The quantitative estimate of drug-likeness (QED) is 0.467. The molecule has 1 rings (SSSR count). The maximum Gasteiger partial charge on any atom is 0.222 e. The third-order valence-corrected chi connectivity index (χ3v) is 10.9. The summed E-state index contributed by atoms with van der Waals surface area (Å²) >= 11 is 0. The van der Waals surface area contributed by atoms with Crippen LogP contribution in [0.25, 0.3) is 0 Å². The van der Waals surface area contributed by atoms with Crippen molar-refractivity contribution in [3.63, 3.8) is 0 Å². The minimum absolute atomic E-state index is 0.0139. The largest absolute Gasteiger partial charge is 0.413 e. The molecule has 26 heavy (non-hydrogen) atoms. The maximum atomic E-state index is 12.2. The van der Waals surface area contributed by atoms with E-state index in [0.29, 0.717) is 0 Å². The van der Waals surface area contributed by atoms with Crippen molar-refractivity contribution in [2.75, 3.05) is 0 Å². The summed E-state index contributed by atoms with van der Waals surface area (Å²) in [6.45, 7) is 27.3. The average Bonchev–Trinajstić information content (AvgIpc) is 2.71. The Kier molecular flexibility index (Phi) is 6.98. The van der Waals surface area contributed by atoms with Crippen LogP contribution in [-0.2, 0) is 14.0 Å². The molecule has 0 saturated carbocycles. The van der Waals surface area contributed by atoms with E-state index < -0.39 is 14.0 Å². The molecule has 0 N–H and O–H groups in total. The molecule has 0 radical (unpaired) electrons. The normalized spacial score (nSPS) is 27.1. The molecule has 0 aromatic rings. The highest BCUT2D eigenvalue weighted by molar-refractivity contribution is 6.74. The van der Waals surface area contributed by atoms with Gasteiger partial charge >= 0.3 is 0 Å². The van der Waals surface area contributed by atoms with Gasteiger partial charge in [-0.1, -0.05) is 40.7 Å². The van der Waals surface area contributed by atoms with Gasteiger partial charge in [0.05, 0.1) is 18.2 Å². The summed E-state index contributed by atoms with van der Waals surface area (Å²) in [5.41, 5.74) is -0.594. The Labute approximate surface area is 162 Å². The summed E-state index contributed by atoms with van der Waals surface area (Å²) in [6.07, 6.45) is 1.93. The number of amides is 1. The van der Waals surface area contributed by atoms with Crippen LogP contribution in [0.4, 0.5) is 0 Å². The Balaban J connectivity index is 3.17. The van der Waals surface area contributed by atoms with E-state index in [0.717, 1.165) is 0 Å². The smallest absolute Gasteiger partial charge is 0.222 e. The molecular formula is C21H41NO3Si. The van der Waals surface area contributed by atoms with Crippen LogP contribution in [0.5, 0.6) is 0 Å². The van der Waals surface area contributed by atoms with Crippen LogP contribution in [0.2, 0.25) is 18.1 Å². The molecule has 5 atom stereocenters. The van der Waals surface area contributed by atoms with Crippen molar-refractivity contribution in [2.45, 2.75) is 104 Å². The zero-order valence-electron chi connectivity index (χ0n) is 18.8. The van der Waals surface area contributed by atoms with Crippen LogP contribution in [0.1, 0.15) is 62.3 Å². The van der Waals surface area contributed by atoms with E-state index in [4.69, 9.17) is 9.16 Å². The SMILES string of the molecule is C=C[C@@H](C)[C@@H](O[Si](C)(C)C(C)(C)C)[C@H](C)[C@@H]1OC(C)(C)N(C(C)=O)[C@@H]1C. The van der Waals surface area contributed by atoms with Crippen molar-refractivity contribution in [2.24, 2.45) is 11.8 Å². The summed E-state index contributed by atoms with van der Waals surface area (Å²) in [5.74, 6) is 0.413. The topological polar surface area (TPSA) is 38.8 Å². The third kappa shape index (κ3) is 4.60. The first-order valence-electron chi connectivity index (χ1n) is 9.85. The molecule has 1 heterocycles. The van der Waals surface area contributed by atoms with Gasteiger partial charge in [-0.15, -0.1) is 6.58 Å². The van der Waals surface area contributed by atoms with Crippen molar-refractivity contribution in [1.82, 2.24) is 4.90 Å². The standard InChI is InChI=1S/C21H41NO3Si/c1-13-14(2)18(25-26(11,12)20(6,7)8)15(3)19-16(4)22(17(5)23)21(9,10)24-19/h13-16,18-19H,1H2,2-12H3/t14-,15+,16-,18-,19+/m1/s1. The molecule has 1 amide bonds. The Morgan fingerprint density at radius 3 is 2.15 bits per heavy atom. The van der Waals surface area contributed by atoms with E-state index in [1.165, 1.54) is 0 Å². The Morgan fingerprint density at radius 1 is 1.31 bits per heavy atom. The molecular weight excluding hydrogens is 342 g/mol. The van der Waals surface area contributed by atoms with Gasteiger partial charge in [0.1, 0.15) is 5.72 Å². The van der Waals surface area contributed by atoms with Crippen molar-refractivity contribution < 1.29 is 14.0 Å². The molecule has 0 aromatic carbocycles. The highest BCUT2D eigenvalue weighted by atomic mass is 28.4. The van der Waals surface area contributed by atoms with E-state index in [9.17, 15) is 4.79 Å². The van der Waals surface area contributed by atoms with Crippen molar-refractivity contribution >= 4 is 14.2 Å². The van der Waals surface area contributed by atoms with Crippen LogP contribution < -0.4 is 0 Å². The van der Waals surface area contributed by atoms with Crippen molar-refractivity contribution in [3.8, 4) is 0 Å². The first-order chi connectivity index (χ1) is 11.6. The van der Waals surface area contributed by atoms with E-state index >= 15 is 0 Å². The fourth-order valence-corrected chi connectivity index (χ4v) is 5.33. The Hall–Kier alpha value is -0.653. The molecule has 0 unspecified atom stereocenters. The summed E-state index contributed by atoms with van der Waals surface area (Å²) < 4.78 is 13.2. The lowest BCUT2D eigenvalue weighted by Crippen LogP contribution is -2.50. The average molecular weight is 384 g/mol. The first kappa shape index (κ1) is 23.4. The second kappa shape index (κ2) is 7.76. The van der Waals surface area contributed by atoms with Gasteiger partial charge in [0, 0.05) is 12.8 Å². The minimum Gasteiger partial charge on any atom is -0.413 e. The lowest BCUT2D eigenvalue weighted by molar-refractivity contribution is -0.146. The number of nitrogens with zero attached hydrogens (tertiary/aromatic N) is 1. The zero-order chi connectivity index (χ0) is 20.7. The molecule has 5 heteroatoms. The fraction of sp³-hybridized carbons (Fsp3) is 0.857. The van der Waals surface area contributed by atoms with Gasteiger partial charge < -0.3 is 14.1 Å². The second-order valence-corrected chi connectivity index (χ2v) is 14.7. The van der Waals surface area contributed by atoms with Gasteiger partial charge in [-0.3, -0.25) is 4.79 Å². The Morgan fingerprint density at radius 2 is 1.81 bits per heavy atom. The van der Waals surface area contributed by atoms with Gasteiger partial charge in [-0.2, -0.15) is 0 Å². The summed E-state index contributed by atoms with van der Waals surface area (Å²) in [6, 6.07) is 0.0139. The van der Waals surface area contributed by atoms with Crippen LogP contribution in [0.3, 0.4) is 0 Å². The minimum atomic E-state index is -1.94. The molecule has 1 saturated heterocycles. The lowest BCUT2D eigenvalue weighted by atomic mass is 9.86. The summed E-state index contributed by atoms with van der Waals surface area (Å²) in [5, 5.41) is 0.138. The van der Waals surface area contributed by atoms with Crippen LogP contribution >= 0.6 is 0 Å². The molecule has 152 valence electrons. The number of hydrogen-bond acceptors (Lipinski definition) is 3. The van der Waals surface area contributed by atoms with Crippen LogP contribution in [0.15, 0.2) is 12.7 Å². The predicted octanol–water partition coefficient (Wildman–Crippen LogP) is 5.21. The van der Waals surface area contributed by atoms with Gasteiger partial charge in [0.2, 0.25) is 5.91 Å². The third-order valence-electron chi connectivity index (χ3n) is 6.39. The van der Waals surface area contributed by atoms with Gasteiger partial charge in [-0.25, -0.2) is 0 Å². The van der Waals surface area contributed by atoms with Gasteiger partial charge in [0.25, 0.3) is 0 Å². The molecule has 0 spiro atoms. The molecule has 4 nitrogen and oxygen atoms in total. The molecule has 1 aliphatic heterocycles. The number of hydrogen-bond donors (Lipinski definition) is 0. The second-order valence-electron chi connectivity index (χ2n) is 9.96. The zero-order valence-corrected chi connectivity index (χ0v) is 19.8. The highest BCUT2D eigenvalue weighted by Crippen LogP contribution is 2.42. The van der Waals surface area contributed by atoms with Crippen molar-refractivity contribution in [3.05, 3.63) is 12.7 Å². The van der Waals surface area contributed by atoms with E-state index in [2.05, 4.69) is 61.2 Å². The van der Waals surface area contributed by atoms with Gasteiger partial charge in [-0.05, 0) is 44.8 Å². The number of carbonyl (C=O) groups excluding carboxylic acids is 1. The number of ether oxygens (including phenoxy) is 1. The Bertz CT molecular complexity index is 524. The lowest BCUT2D eigenvalue weighted by Gasteiger charge is -2.43. The molecule has 1 fully saturated rings. The first-order valence-corrected chi connectivity index (χ1v) is 12.8. The van der Waals surface area contributed by atoms with Gasteiger partial charge in [0.15, 0.2) is 8.32 Å². The number of rotatable bonds is 6. The fourth-order valence-electron chi connectivity index (χ4n) is 3.87. The van der Waals surface area contributed by atoms with E-state index in [1.807, 2.05) is 24.8 Å². The van der Waals surface area contributed by atoms with Crippen LogP contribution in [0, 0.1) is 11.8 Å². The molecule has 0 bridgehead atoms. The van der Waals surface area contributed by atoms with Crippen molar-refractivity contribution in [1.29, 1.82) is 0 Å². The highest BCUT2D eigenvalue weighted by Gasteiger charge is 2.51. The van der Waals surface area contributed by atoms with Crippen LogP contribution in [-0.4, -0.2) is 43.1 Å². The van der Waals surface area contributed by atoms with E-state index in [1.54, 1.807) is 6.92 Å².